The Kier molecular flexibility index (Phi) is 5.01. The molecule has 0 fully saturated rings. The fourth-order valence-corrected chi connectivity index (χ4v) is 3.50. The Morgan fingerprint density at radius 2 is 1.67 bits per heavy atom. The average molecular weight is 303 g/mol. The number of benzene rings is 1. The van der Waals surface area contributed by atoms with Crippen LogP contribution >= 0.6 is 11.3 Å². The number of anilines is 1. The van der Waals surface area contributed by atoms with Crippen molar-refractivity contribution in [1.29, 1.82) is 0 Å². The van der Waals surface area contributed by atoms with E-state index in [1.807, 2.05) is 0 Å². The van der Waals surface area contributed by atoms with Gasteiger partial charge in [-0.2, -0.15) is 0 Å². The van der Waals surface area contributed by atoms with Crippen molar-refractivity contribution >= 4 is 17.0 Å². The molecule has 0 bridgehead atoms. The Labute approximate surface area is 132 Å². The predicted molar refractivity (Wildman–Crippen MR) is 92.3 cm³/mol. The summed E-state index contributed by atoms with van der Waals surface area (Å²) in [4.78, 5) is 7.97. The van der Waals surface area contributed by atoms with Gasteiger partial charge in [0.25, 0.3) is 0 Å². The molecule has 1 aromatic heterocycles. The molecule has 2 atom stereocenters. The van der Waals surface area contributed by atoms with Gasteiger partial charge in [0, 0.05) is 36.7 Å². The van der Waals surface area contributed by atoms with E-state index in [4.69, 9.17) is 0 Å². The van der Waals surface area contributed by atoms with Gasteiger partial charge < -0.3 is 10.2 Å². The maximum absolute atomic E-state index is 4.52. The van der Waals surface area contributed by atoms with Crippen LogP contribution in [0.4, 0.5) is 5.69 Å². The lowest BCUT2D eigenvalue weighted by Crippen LogP contribution is -2.22. The van der Waals surface area contributed by atoms with Crippen molar-refractivity contribution in [2.24, 2.45) is 0 Å². The Morgan fingerprint density at radius 3 is 2.14 bits per heavy atom. The highest BCUT2D eigenvalue weighted by molar-refractivity contribution is 7.11. The molecule has 2 unspecified atom stereocenters. The van der Waals surface area contributed by atoms with Gasteiger partial charge in [-0.05, 0) is 45.4 Å². The smallest absolute Gasteiger partial charge is 0.0900 e. The number of thiazole rings is 1. The van der Waals surface area contributed by atoms with Crippen molar-refractivity contribution in [2.45, 2.75) is 39.8 Å². The van der Waals surface area contributed by atoms with Gasteiger partial charge in [-0.25, -0.2) is 4.98 Å². The molecular weight excluding hydrogens is 278 g/mol. The molecule has 2 rings (SSSR count). The van der Waals surface area contributed by atoms with Gasteiger partial charge in [0.05, 0.1) is 10.7 Å². The van der Waals surface area contributed by atoms with Crippen molar-refractivity contribution in [3.8, 4) is 0 Å². The third-order valence-electron chi connectivity index (χ3n) is 3.74. The molecular formula is C17H25N3S. The number of aryl methyl sites for hydroxylation is 2. The number of nitrogens with one attached hydrogen (secondary N) is 1. The normalized spacial score (nSPS) is 14.0. The lowest BCUT2D eigenvalue weighted by Gasteiger charge is -2.21. The second-order valence-corrected chi connectivity index (χ2v) is 7.01. The van der Waals surface area contributed by atoms with Gasteiger partial charge in [0.2, 0.25) is 0 Å². The first-order valence-corrected chi connectivity index (χ1v) is 8.17. The highest BCUT2D eigenvalue weighted by Gasteiger charge is 2.16. The molecule has 4 heteroatoms. The summed E-state index contributed by atoms with van der Waals surface area (Å²) in [5.41, 5.74) is 3.69. The van der Waals surface area contributed by atoms with Crippen molar-refractivity contribution in [3.63, 3.8) is 0 Å². The first-order chi connectivity index (χ1) is 9.88. The summed E-state index contributed by atoms with van der Waals surface area (Å²) in [5.74, 6) is 0. The van der Waals surface area contributed by atoms with Crippen LogP contribution in [0, 0.1) is 13.8 Å². The minimum Gasteiger partial charge on any atom is -0.378 e. The molecule has 0 amide bonds. The lowest BCUT2D eigenvalue weighted by atomic mass is 10.1. The third-order valence-corrected chi connectivity index (χ3v) is 5.00. The van der Waals surface area contributed by atoms with Crippen LogP contribution in [-0.2, 0) is 0 Å². The summed E-state index contributed by atoms with van der Waals surface area (Å²) in [6, 6.07) is 9.37. The van der Waals surface area contributed by atoms with E-state index in [0.29, 0.717) is 12.1 Å². The fourth-order valence-electron chi connectivity index (χ4n) is 2.56. The predicted octanol–water partition coefficient (Wildman–Crippen LogP) is 4.24. The second kappa shape index (κ2) is 6.58. The van der Waals surface area contributed by atoms with Crippen LogP contribution in [0.1, 0.15) is 47.1 Å². The molecule has 114 valence electrons. The van der Waals surface area contributed by atoms with E-state index in [-0.39, 0.29) is 0 Å². The summed E-state index contributed by atoms with van der Waals surface area (Å²) in [5, 5.41) is 4.81. The van der Waals surface area contributed by atoms with Gasteiger partial charge in [0.15, 0.2) is 0 Å². The number of hydrogen-bond donors (Lipinski definition) is 1. The zero-order valence-electron chi connectivity index (χ0n) is 13.8. The van der Waals surface area contributed by atoms with Gasteiger partial charge in [-0.1, -0.05) is 12.1 Å². The van der Waals surface area contributed by atoms with Gasteiger partial charge in [-0.15, -0.1) is 11.3 Å². The molecule has 21 heavy (non-hydrogen) atoms. The third kappa shape index (κ3) is 3.83. The molecule has 0 radical (unpaired) electrons. The van der Waals surface area contributed by atoms with Crippen LogP contribution in [-0.4, -0.2) is 19.1 Å². The van der Waals surface area contributed by atoms with E-state index in [1.165, 1.54) is 16.1 Å². The van der Waals surface area contributed by atoms with Gasteiger partial charge in [0.1, 0.15) is 0 Å². The quantitative estimate of drug-likeness (QED) is 0.895. The minimum atomic E-state index is 0.318. The van der Waals surface area contributed by atoms with E-state index in [9.17, 15) is 0 Å². The summed E-state index contributed by atoms with van der Waals surface area (Å²) < 4.78 is 0. The molecule has 1 aromatic carbocycles. The summed E-state index contributed by atoms with van der Waals surface area (Å²) >= 11 is 1.79. The summed E-state index contributed by atoms with van der Waals surface area (Å²) in [6.07, 6.45) is 0. The first kappa shape index (κ1) is 16.0. The van der Waals surface area contributed by atoms with E-state index in [0.717, 1.165) is 10.7 Å². The Morgan fingerprint density at radius 1 is 1.05 bits per heavy atom. The highest BCUT2D eigenvalue weighted by atomic mass is 32.1. The van der Waals surface area contributed by atoms with Crippen LogP contribution in [0.3, 0.4) is 0 Å². The molecule has 3 nitrogen and oxygen atoms in total. The first-order valence-electron chi connectivity index (χ1n) is 7.35. The molecule has 0 aliphatic heterocycles. The Bertz CT molecular complexity index is 587. The summed E-state index contributed by atoms with van der Waals surface area (Å²) in [7, 11) is 4.13. The number of rotatable bonds is 5. The van der Waals surface area contributed by atoms with E-state index in [2.05, 4.69) is 81.3 Å². The van der Waals surface area contributed by atoms with Crippen molar-refractivity contribution in [2.75, 3.05) is 19.0 Å². The van der Waals surface area contributed by atoms with Crippen LogP contribution in [0.2, 0.25) is 0 Å². The van der Waals surface area contributed by atoms with Crippen molar-refractivity contribution in [3.05, 3.63) is 45.4 Å². The maximum atomic E-state index is 4.52. The average Bonchev–Trinajstić information content (AvgIpc) is 2.77. The number of aromatic nitrogens is 1. The molecule has 0 aliphatic rings. The standard InChI is InChI=1S/C17H25N3S/c1-11(15-7-9-16(10-8-15)20(5)6)18-12(2)17-13(3)19-14(4)21-17/h7-12,18H,1-6H3. The number of hydrogen-bond acceptors (Lipinski definition) is 4. The number of nitrogens with zero attached hydrogens (tertiary/aromatic N) is 2. The molecule has 0 spiro atoms. The van der Waals surface area contributed by atoms with Gasteiger partial charge >= 0.3 is 0 Å². The Balaban J connectivity index is 2.06. The molecule has 2 aromatic rings. The highest BCUT2D eigenvalue weighted by Crippen LogP contribution is 2.27. The van der Waals surface area contributed by atoms with E-state index in [1.54, 1.807) is 11.3 Å². The lowest BCUT2D eigenvalue weighted by molar-refractivity contribution is 0.498. The van der Waals surface area contributed by atoms with Gasteiger partial charge in [-0.3, -0.25) is 0 Å². The maximum Gasteiger partial charge on any atom is 0.0900 e. The zero-order chi connectivity index (χ0) is 15.6. The molecule has 0 saturated heterocycles. The fraction of sp³-hybridized carbons (Fsp3) is 0.471. The molecule has 0 saturated carbocycles. The second-order valence-electron chi connectivity index (χ2n) is 5.78. The van der Waals surface area contributed by atoms with Crippen LogP contribution in [0.15, 0.2) is 24.3 Å². The SMILES string of the molecule is Cc1nc(C)c(C(C)NC(C)c2ccc(N(C)C)cc2)s1. The van der Waals surface area contributed by atoms with Crippen LogP contribution < -0.4 is 10.2 Å². The molecule has 1 N–H and O–H groups in total. The van der Waals surface area contributed by atoms with Crippen molar-refractivity contribution in [1.82, 2.24) is 10.3 Å². The van der Waals surface area contributed by atoms with Crippen molar-refractivity contribution < 1.29 is 0 Å². The summed E-state index contributed by atoms with van der Waals surface area (Å²) in [6.45, 7) is 8.58. The topological polar surface area (TPSA) is 28.2 Å². The van der Waals surface area contributed by atoms with Crippen LogP contribution in [0.5, 0.6) is 0 Å². The van der Waals surface area contributed by atoms with E-state index >= 15 is 0 Å². The monoisotopic (exact) mass is 303 g/mol. The zero-order valence-corrected chi connectivity index (χ0v) is 14.6. The minimum absolute atomic E-state index is 0.318. The molecule has 0 aliphatic carbocycles. The molecule has 1 heterocycles. The van der Waals surface area contributed by atoms with E-state index < -0.39 is 0 Å². The van der Waals surface area contributed by atoms with Crippen LogP contribution in [0.25, 0.3) is 0 Å². The Hall–Kier alpha value is -1.39. The largest absolute Gasteiger partial charge is 0.378 e.